The Morgan fingerprint density at radius 3 is 2.34 bits per heavy atom. The average Bonchev–Trinajstić information content (AvgIpc) is 3.65. The quantitative estimate of drug-likeness (QED) is 0.563. The van der Waals surface area contributed by atoms with Crippen molar-refractivity contribution < 1.29 is 19.2 Å². The summed E-state index contributed by atoms with van der Waals surface area (Å²) in [5, 5.41) is 14.4. The highest BCUT2D eigenvalue weighted by Crippen LogP contribution is 2.32. The van der Waals surface area contributed by atoms with Gasteiger partial charge in [0.2, 0.25) is 5.89 Å². The van der Waals surface area contributed by atoms with Crippen molar-refractivity contribution in [2.75, 3.05) is 19.6 Å². The predicted molar refractivity (Wildman–Crippen MR) is 129 cm³/mol. The highest BCUT2D eigenvalue weighted by Gasteiger charge is 2.39. The van der Waals surface area contributed by atoms with Crippen LogP contribution < -0.4 is 0 Å². The maximum atomic E-state index is 13.3. The third-order valence-electron chi connectivity index (χ3n) is 6.79. The molecule has 5 rings (SSSR count). The van der Waals surface area contributed by atoms with Crippen LogP contribution in [0.5, 0.6) is 0 Å². The second-order valence-electron chi connectivity index (χ2n) is 9.33. The number of β-amino-alcohol motifs (C(OH)–C–C–N with tert-alkyl or cyclic N) is 1. The van der Waals surface area contributed by atoms with E-state index >= 15 is 0 Å². The second kappa shape index (κ2) is 10.4. The number of aryl methyl sites for hydroxylation is 2. The molecule has 35 heavy (non-hydrogen) atoms. The molecule has 3 heterocycles. The van der Waals surface area contributed by atoms with Crippen LogP contribution in [0.25, 0.3) is 0 Å². The highest BCUT2D eigenvalue weighted by molar-refractivity contribution is 5.98. The maximum Gasteiger partial charge on any atom is 0.254 e. The number of hydrogen-bond donors (Lipinski definition) is 1. The van der Waals surface area contributed by atoms with E-state index in [9.17, 15) is 14.7 Å². The molecular weight excluding hydrogens is 444 g/mol. The van der Waals surface area contributed by atoms with E-state index in [4.69, 9.17) is 4.52 Å². The number of hydrogen-bond acceptors (Lipinski definition) is 6. The third kappa shape index (κ3) is 5.27. The van der Waals surface area contributed by atoms with Crippen LogP contribution in [-0.2, 0) is 12.8 Å². The van der Waals surface area contributed by atoms with Gasteiger partial charge < -0.3 is 19.4 Å². The number of amides is 2. The van der Waals surface area contributed by atoms with Crippen molar-refractivity contribution in [3.8, 4) is 0 Å². The second-order valence-corrected chi connectivity index (χ2v) is 9.33. The first-order chi connectivity index (χ1) is 17.1. The van der Waals surface area contributed by atoms with Crippen LogP contribution in [0, 0.1) is 0 Å². The SMILES string of the molecule is O=C(c1ccc(C(=O)N2C[C@H](O)C[C@@H]2c2nc(CCCc3ccccc3)no2)cc1)N1CCCC1. The Morgan fingerprint density at radius 1 is 0.943 bits per heavy atom. The van der Waals surface area contributed by atoms with Crippen LogP contribution in [0.4, 0.5) is 0 Å². The first-order valence-electron chi connectivity index (χ1n) is 12.3. The van der Waals surface area contributed by atoms with Gasteiger partial charge >= 0.3 is 0 Å². The van der Waals surface area contributed by atoms with Crippen molar-refractivity contribution in [3.63, 3.8) is 0 Å². The van der Waals surface area contributed by atoms with Gasteiger partial charge in [0.1, 0.15) is 6.04 Å². The number of aliphatic hydroxyl groups is 1. The molecule has 0 spiro atoms. The average molecular weight is 475 g/mol. The highest BCUT2D eigenvalue weighted by atomic mass is 16.5. The molecule has 2 amide bonds. The van der Waals surface area contributed by atoms with Gasteiger partial charge in [-0.15, -0.1) is 0 Å². The minimum atomic E-state index is -0.659. The van der Waals surface area contributed by atoms with Crippen LogP contribution in [0.2, 0.25) is 0 Å². The van der Waals surface area contributed by atoms with E-state index in [-0.39, 0.29) is 18.4 Å². The number of aromatic nitrogens is 2. The van der Waals surface area contributed by atoms with Crippen molar-refractivity contribution in [1.29, 1.82) is 0 Å². The number of aliphatic hydroxyl groups excluding tert-OH is 1. The fourth-order valence-corrected chi connectivity index (χ4v) is 4.90. The maximum absolute atomic E-state index is 13.3. The van der Waals surface area contributed by atoms with Gasteiger partial charge in [0.05, 0.1) is 6.10 Å². The number of benzene rings is 2. The largest absolute Gasteiger partial charge is 0.391 e. The number of carbonyl (C=O) groups excluding carboxylic acids is 2. The topological polar surface area (TPSA) is 99.8 Å². The molecule has 1 aromatic heterocycles. The normalized spacial score (nSPS) is 19.9. The molecule has 2 saturated heterocycles. The number of nitrogens with zero attached hydrogens (tertiary/aromatic N) is 4. The Kier molecular flexibility index (Phi) is 6.90. The summed E-state index contributed by atoms with van der Waals surface area (Å²) in [6.07, 6.45) is 4.25. The van der Waals surface area contributed by atoms with Gasteiger partial charge in [-0.1, -0.05) is 35.5 Å². The lowest BCUT2D eigenvalue weighted by molar-refractivity contribution is 0.0692. The zero-order valence-electron chi connectivity index (χ0n) is 19.7. The van der Waals surface area contributed by atoms with Crippen LogP contribution in [0.3, 0.4) is 0 Å². The fourth-order valence-electron chi connectivity index (χ4n) is 4.90. The van der Waals surface area contributed by atoms with Gasteiger partial charge in [0, 0.05) is 43.6 Å². The molecule has 0 radical (unpaired) electrons. The van der Waals surface area contributed by atoms with E-state index in [1.54, 1.807) is 29.2 Å². The van der Waals surface area contributed by atoms with Gasteiger partial charge in [-0.2, -0.15) is 4.98 Å². The van der Waals surface area contributed by atoms with E-state index in [2.05, 4.69) is 22.3 Å². The smallest absolute Gasteiger partial charge is 0.254 e. The molecule has 2 aliphatic rings. The summed E-state index contributed by atoms with van der Waals surface area (Å²) in [7, 11) is 0. The minimum absolute atomic E-state index is 0.00150. The molecule has 0 unspecified atom stereocenters. The summed E-state index contributed by atoms with van der Waals surface area (Å²) in [6.45, 7) is 1.76. The van der Waals surface area contributed by atoms with E-state index in [0.29, 0.717) is 35.7 Å². The molecule has 1 N–H and O–H groups in total. The van der Waals surface area contributed by atoms with Crippen molar-refractivity contribution in [2.24, 2.45) is 0 Å². The van der Waals surface area contributed by atoms with Crippen LogP contribution in [0.15, 0.2) is 59.1 Å². The predicted octanol–water partition coefficient (Wildman–Crippen LogP) is 3.43. The van der Waals surface area contributed by atoms with Gasteiger partial charge in [-0.25, -0.2) is 0 Å². The Balaban J connectivity index is 1.23. The van der Waals surface area contributed by atoms with E-state index < -0.39 is 12.1 Å². The fraction of sp³-hybridized carbons (Fsp3) is 0.407. The van der Waals surface area contributed by atoms with E-state index in [0.717, 1.165) is 38.8 Å². The molecule has 8 heteroatoms. The summed E-state index contributed by atoms with van der Waals surface area (Å²) >= 11 is 0. The lowest BCUT2D eigenvalue weighted by Crippen LogP contribution is -2.32. The Morgan fingerprint density at radius 2 is 1.63 bits per heavy atom. The van der Waals surface area contributed by atoms with Crippen molar-refractivity contribution in [2.45, 2.75) is 50.7 Å². The molecule has 0 saturated carbocycles. The lowest BCUT2D eigenvalue weighted by Gasteiger charge is -2.22. The molecule has 2 atom stereocenters. The zero-order chi connectivity index (χ0) is 24.2. The van der Waals surface area contributed by atoms with Crippen molar-refractivity contribution in [3.05, 3.63) is 83.0 Å². The molecule has 0 bridgehead atoms. The number of likely N-dealkylation sites (tertiary alicyclic amines) is 2. The van der Waals surface area contributed by atoms with E-state index in [1.807, 2.05) is 23.1 Å². The molecule has 2 aromatic carbocycles. The van der Waals surface area contributed by atoms with Crippen LogP contribution in [-0.4, -0.2) is 62.6 Å². The summed E-state index contributed by atoms with van der Waals surface area (Å²) in [4.78, 5) is 33.8. The number of rotatable bonds is 7. The molecule has 2 aliphatic heterocycles. The number of carbonyl (C=O) groups is 2. The molecule has 182 valence electrons. The lowest BCUT2D eigenvalue weighted by atomic mass is 10.1. The molecule has 0 aliphatic carbocycles. The Hall–Kier alpha value is -3.52. The van der Waals surface area contributed by atoms with Crippen LogP contribution in [0.1, 0.15) is 69.7 Å². The van der Waals surface area contributed by atoms with Gasteiger partial charge in [0.25, 0.3) is 11.8 Å². The standard InChI is InChI=1S/C27H30N4O4/c32-22-17-23(25-28-24(29-35-25)10-6-9-19-7-2-1-3-8-19)31(18-22)27(34)21-13-11-20(12-14-21)26(33)30-15-4-5-16-30/h1-3,7-8,11-14,22-23,32H,4-6,9-10,15-18H2/t22-,23-/m1/s1. The summed E-state index contributed by atoms with van der Waals surface area (Å²) in [5.74, 6) is 0.733. The zero-order valence-corrected chi connectivity index (χ0v) is 19.7. The summed E-state index contributed by atoms with van der Waals surface area (Å²) < 4.78 is 5.51. The van der Waals surface area contributed by atoms with Gasteiger partial charge in [-0.3, -0.25) is 9.59 Å². The monoisotopic (exact) mass is 474 g/mol. The molecule has 3 aromatic rings. The minimum Gasteiger partial charge on any atom is -0.391 e. The van der Waals surface area contributed by atoms with Gasteiger partial charge in [-0.05, 0) is 55.5 Å². The Bertz CT molecular complexity index is 1160. The van der Waals surface area contributed by atoms with Crippen molar-refractivity contribution >= 4 is 11.8 Å². The first-order valence-corrected chi connectivity index (χ1v) is 12.3. The van der Waals surface area contributed by atoms with Crippen molar-refractivity contribution in [1.82, 2.24) is 19.9 Å². The molecular formula is C27H30N4O4. The molecule has 8 nitrogen and oxygen atoms in total. The summed E-state index contributed by atoms with van der Waals surface area (Å²) in [5.41, 5.74) is 2.31. The van der Waals surface area contributed by atoms with Crippen LogP contribution >= 0.6 is 0 Å². The van der Waals surface area contributed by atoms with E-state index in [1.165, 1.54) is 5.56 Å². The third-order valence-corrected chi connectivity index (χ3v) is 6.79. The summed E-state index contributed by atoms with van der Waals surface area (Å²) in [6, 6.07) is 16.5. The molecule has 2 fully saturated rings. The Labute approximate surface area is 204 Å². The van der Waals surface area contributed by atoms with Gasteiger partial charge in [0.15, 0.2) is 5.82 Å². The first kappa shape index (κ1) is 23.2.